The van der Waals surface area contributed by atoms with Crippen molar-refractivity contribution >= 4 is 0 Å². The van der Waals surface area contributed by atoms with Crippen LogP contribution in [-0.4, -0.2) is 11.6 Å². The Hall–Kier alpha value is -0.0400. The molecule has 1 aliphatic heterocycles. The Morgan fingerprint density at radius 2 is 2.33 bits per heavy atom. The molecule has 2 aliphatic carbocycles. The predicted octanol–water partition coefficient (Wildman–Crippen LogP) is 1.15. The van der Waals surface area contributed by atoms with Crippen molar-refractivity contribution in [3.63, 3.8) is 0 Å². The average Bonchev–Trinajstić information content (AvgIpc) is 2.28. The largest absolute Gasteiger partial charge is 0.305 e. The normalized spacial score (nSPS) is 68.3. The quantitative estimate of drug-likeness (QED) is 0.479. The fourth-order valence-electron chi connectivity index (χ4n) is 3.20. The van der Waals surface area contributed by atoms with Gasteiger partial charge in [-0.25, -0.2) is 0 Å². The summed E-state index contributed by atoms with van der Waals surface area (Å²) in [6, 6.07) is 0.949. The van der Waals surface area contributed by atoms with Gasteiger partial charge < -0.3 is 5.32 Å². The van der Waals surface area contributed by atoms with E-state index < -0.39 is 0 Å². The summed E-state index contributed by atoms with van der Waals surface area (Å²) >= 11 is 0. The molecular formula is C8H13N. The molecule has 1 N–H and O–H groups in total. The van der Waals surface area contributed by atoms with E-state index in [9.17, 15) is 0 Å². The number of fused-ring (bicyclic) bond motifs is 4. The summed E-state index contributed by atoms with van der Waals surface area (Å²) in [4.78, 5) is 0. The second-order valence-corrected chi connectivity index (χ2v) is 4.11. The van der Waals surface area contributed by atoms with E-state index in [1.165, 1.54) is 19.3 Å². The Kier molecular flexibility index (Phi) is 0.563. The maximum absolute atomic E-state index is 3.58. The van der Waals surface area contributed by atoms with Crippen LogP contribution in [0.1, 0.15) is 26.2 Å². The highest BCUT2D eigenvalue weighted by molar-refractivity contribution is 5.29. The molecule has 1 nitrogen and oxygen atoms in total. The minimum atomic E-state index is 0.640. The summed E-state index contributed by atoms with van der Waals surface area (Å²) in [7, 11) is 0. The molecular weight excluding hydrogens is 110 g/mol. The number of hydrogen-bond acceptors (Lipinski definition) is 1. The van der Waals surface area contributed by atoms with Gasteiger partial charge in [-0.2, -0.15) is 0 Å². The van der Waals surface area contributed by atoms with Crippen molar-refractivity contribution in [1.29, 1.82) is 0 Å². The van der Waals surface area contributed by atoms with Crippen molar-refractivity contribution < 1.29 is 0 Å². The molecule has 0 aromatic heterocycles. The monoisotopic (exact) mass is 123 g/mol. The van der Waals surface area contributed by atoms with Crippen molar-refractivity contribution in [3.05, 3.63) is 0 Å². The van der Waals surface area contributed by atoms with Gasteiger partial charge in [0, 0.05) is 11.6 Å². The molecule has 50 valence electrons. The van der Waals surface area contributed by atoms with E-state index in [1.54, 1.807) is 0 Å². The Balaban J connectivity index is 1.94. The average molecular weight is 123 g/mol. The maximum Gasteiger partial charge on any atom is 0.0344 e. The predicted molar refractivity (Wildman–Crippen MR) is 36.2 cm³/mol. The Morgan fingerprint density at radius 3 is 3.11 bits per heavy atom. The molecule has 0 aromatic rings. The van der Waals surface area contributed by atoms with Crippen LogP contribution in [0.4, 0.5) is 0 Å². The molecule has 1 heterocycles. The van der Waals surface area contributed by atoms with Crippen LogP contribution in [0.2, 0.25) is 0 Å². The lowest BCUT2D eigenvalue weighted by Gasteiger charge is -2.34. The molecule has 3 aliphatic rings. The van der Waals surface area contributed by atoms with Crippen LogP contribution in [0.15, 0.2) is 0 Å². The van der Waals surface area contributed by atoms with Crippen LogP contribution in [0.3, 0.4) is 0 Å². The van der Waals surface area contributed by atoms with Crippen LogP contribution in [-0.2, 0) is 0 Å². The molecule has 0 radical (unpaired) electrons. The van der Waals surface area contributed by atoms with Crippen LogP contribution >= 0.6 is 0 Å². The van der Waals surface area contributed by atoms with Gasteiger partial charge >= 0.3 is 0 Å². The SMILES string of the molecule is CC12NC1C1CCCC12. The van der Waals surface area contributed by atoms with E-state index in [0.29, 0.717) is 5.54 Å². The first-order chi connectivity index (χ1) is 4.32. The molecule has 0 amide bonds. The van der Waals surface area contributed by atoms with Crippen LogP contribution in [0.25, 0.3) is 0 Å². The lowest BCUT2D eigenvalue weighted by molar-refractivity contribution is 0.214. The molecule has 1 heteroatoms. The van der Waals surface area contributed by atoms with Gasteiger partial charge in [-0.3, -0.25) is 0 Å². The van der Waals surface area contributed by atoms with Gasteiger partial charge in [0.2, 0.25) is 0 Å². The first kappa shape index (κ1) is 4.73. The first-order valence-electron chi connectivity index (χ1n) is 4.10. The smallest absolute Gasteiger partial charge is 0.0344 e. The van der Waals surface area contributed by atoms with Gasteiger partial charge in [-0.1, -0.05) is 6.42 Å². The Labute approximate surface area is 55.8 Å². The van der Waals surface area contributed by atoms with E-state index >= 15 is 0 Å². The van der Waals surface area contributed by atoms with Gasteiger partial charge in [0.15, 0.2) is 0 Å². The topological polar surface area (TPSA) is 21.9 Å². The Bertz CT molecular complexity index is 166. The lowest BCUT2D eigenvalue weighted by Crippen LogP contribution is -2.41. The third-order valence-electron chi connectivity index (χ3n) is 3.80. The van der Waals surface area contributed by atoms with Crippen molar-refractivity contribution in [1.82, 2.24) is 5.32 Å². The fourth-order valence-corrected chi connectivity index (χ4v) is 3.20. The van der Waals surface area contributed by atoms with Crippen LogP contribution in [0.5, 0.6) is 0 Å². The standard InChI is InChI=1S/C8H13N/c1-8-6-4-2-3-5(6)7(8)9-8/h5-7,9H,2-4H2,1H3. The molecule has 3 rings (SSSR count). The molecule has 9 heavy (non-hydrogen) atoms. The molecule has 3 fully saturated rings. The highest BCUT2D eigenvalue weighted by Crippen LogP contribution is 2.61. The van der Waals surface area contributed by atoms with E-state index in [1.807, 2.05) is 0 Å². The van der Waals surface area contributed by atoms with E-state index in [4.69, 9.17) is 0 Å². The second-order valence-electron chi connectivity index (χ2n) is 4.11. The number of rotatable bonds is 0. The summed E-state index contributed by atoms with van der Waals surface area (Å²) in [6.45, 7) is 2.39. The molecule has 4 unspecified atom stereocenters. The maximum atomic E-state index is 3.58. The highest BCUT2D eigenvalue weighted by atomic mass is 15.3. The van der Waals surface area contributed by atoms with Crippen molar-refractivity contribution in [2.75, 3.05) is 0 Å². The van der Waals surface area contributed by atoms with E-state index in [0.717, 1.165) is 17.9 Å². The summed E-state index contributed by atoms with van der Waals surface area (Å²) in [5.41, 5.74) is 0.640. The third-order valence-corrected chi connectivity index (χ3v) is 3.80. The number of hydrogen-bond donors (Lipinski definition) is 1. The molecule has 0 bridgehead atoms. The minimum Gasteiger partial charge on any atom is -0.305 e. The summed E-state index contributed by atoms with van der Waals surface area (Å²) < 4.78 is 0. The summed E-state index contributed by atoms with van der Waals surface area (Å²) in [6.07, 6.45) is 4.52. The van der Waals surface area contributed by atoms with Gasteiger partial charge in [0.1, 0.15) is 0 Å². The molecule has 1 saturated heterocycles. The molecule has 2 saturated carbocycles. The van der Waals surface area contributed by atoms with Gasteiger partial charge in [0.25, 0.3) is 0 Å². The third kappa shape index (κ3) is 0.337. The first-order valence-corrected chi connectivity index (χ1v) is 4.10. The molecule has 4 atom stereocenters. The Morgan fingerprint density at radius 1 is 1.44 bits per heavy atom. The van der Waals surface area contributed by atoms with Crippen molar-refractivity contribution in [2.45, 2.75) is 37.8 Å². The fraction of sp³-hybridized carbons (Fsp3) is 1.00. The van der Waals surface area contributed by atoms with E-state index in [2.05, 4.69) is 12.2 Å². The van der Waals surface area contributed by atoms with Crippen LogP contribution in [0, 0.1) is 11.8 Å². The van der Waals surface area contributed by atoms with Gasteiger partial charge in [-0.15, -0.1) is 0 Å². The minimum absolute atomic E-state index is 0.640. The summed E-state index contributed by atoms with van der Waals surface area (Å²) in [5.74, 6) is 2.16. The number of nitrogens with one attached hydrogen (secondary N) is 1. The van der Waals surface area contributed by atoms with Gasteiger partial charge in [0.05, 0.1) is 0 Å². The van der Waals surface area contributed by atoms with E-state index in [-0.39, 0.29) is 0 Å². The molecule has 0 spiro atoms. The van der Waals surface area contributed by atoms with Crippen molar-refractivity contribution in [2.24, 2.45) is 11.8 Å². The highest BCUT2D eigenvalue weighted by Gasteiger charge is 2.71. The van der Waals surface area contributed by atoms with Crippen molar-refractivity contribution in [3.8, 4) is 0 Å². The zero-order valence-corrected chi connectivity index (χ0v) is 5.85. The zero-order chi connectivity index (χ0) is 6.06. The summed E-state index contributed by atoms with van der Waals surface area (Å²) in [5, 5.41) is 3.58. The second kappa shape index (κ2) is 1.07. The van der Waals surface area contributed by atoms with Gasteiger partial charge in [-0.05, 0) is 31.6 Å². The zero-order valence-electron chi connectivity index (χ0n) is 5.85. The molecule has 0 aromatic carbocycles. The lowest BCUT2D eigenvalue weighted by atomic mass is 9.68. The van der Waals surface area contributed by atoms with Crippen LogP contribution < -0.4 is 5.32 Å².